The minimum atomic E-state index is -0.126. The molecule has 0 aliphatic heterocycles. The molecule has 3 rings (SSSR count). The Morgan fingerprint density at radius 1 is 0.720 bits per heavy atom. The first-order chi connectivity index (χ1) is 12.3. The van der Waals surface area contributed by atoms with Gasteiger partial charge in [0.1, 0.15) is 0 Å². The van der Waals surface area contributed by atoms with E-state index in [9.17, 15) is 0 Å². The van der Waals surface area contributed by atoms with Crippen molar-refractivity contribution in [3.05, 3.63) is 108 Å². The van der Waals surface area contributed by atoms with E-state index in [4.69, 9.17) is 0 Å². The minimum absolute atomic E-state index is 0.126. The van der Waals surface area contributed by atoms with Crippen LogP contribution in [0.5, 0.6) is 0 Å². The van der Waals surface area contributed by atoms with Gasteiger partial charge in [0, 0.05) is 11.1 Å². The quantitative estimate of drug-likeness (QED) is 0.414. The Morgan fingerprint density at radius 3 is 1.60 bits per heavy atom. The SMILES string of the molecule is CCCCC(c1ccccc1)C(P)(c1ccccc1)c1ccccc1. The van der Waals surface area contributed by atoms with Crippen LogP contribution in [0.1, 0.15) is 48.8 Å². The third-order valence-electron chi connectivity index (χ3n) is 5.10. The molecule has 3 aromatic carbocycles. The Morgan fingerprint density at radius 2 is 1.16 bits per heavy atom. The number of benzene rings is 3. The highest BCUT2D eigenvalue weighted by Gasteiger charge is 2.38. The van der Waals surface area contributed by atoms with E-state index >= 15 is 0 Å². The largest absolute Gasteiger partial charge is 0.121 e. The lowest BCUT2D eigenvalue weighted by Gasteiger charge is -2.39. The Bertz CT molecular complexity index is 710. The van der Waals surface area contributed by atoms with Crippen molar-refractivity contribution in [2.24, 2.45) is 0 Å². The predicted molar refractivity (Wildman–Crippen MR) is 112 cm³/mol. The molecule has 0 aliphatic rings. The Balaban J connectivity index is 2.17. The van der Waals surface area contributed by atoms with Gasteiger partial charge in [-0.25, -0.2) is 0 Å². The lowest BCUT2D eigenvalue weighted by molar-refractivity contribution is 0.498. The third-order valence-corrected chi connectivity index (χ3v) is 6.17. The van der Waals surface area contributed by atoms with E-state index in [0.717, 1.165) is 0 Å². The molecule has 25 heavy (non-hydrogen) atoms. The zero-order valence-electron chi connectivity index (χ0n) is 14.9. The van der Waals surface area contributed by atoms with Crippen LogP contribution in [-0.4, -0.2) is 0 Å². The van der Waals surface area contributed by atoms with Crippen LogP contribution in [0.2, 0.25) is 0 Å². The molecule has 128 valence electrons. The summed E-state index contributed by atoms with van der Waals surface area (Å²) in [5.41, 5.74) is 4.13. The van der Waals surface area contributed by atoms with Crippen molar-refractivity contribution in [2.45, 2.75) is 37.3 Å². The molecule has 0 aliphatic carbocycles. The van der Waals surface area contributed by atoms with Gasteiger partial charge in [-0.2, -0.15) is 0 Å². The molecular formula is C24H27P. The fraction of sp³-hybridized carbons (Fsp3) is 0.250. The van der Waals surface area contributed by atoms with Gasteiger partial charge in [0.2, 0.25) is 0 Å². The van der Waals surface area contributed by atoms with Crippen molar-refractivity contribution in [2.75, 3.05) is 0 Å². The summed E-state index contributed by atoms with van der Waals surface area (Å²) in [4.78, 5) is 0. The van der Waals surface area contributed by atoms with Crippen LogP contribution >= 0.6 is 9.24 Å². The number of hydrogen-bond donors (Lipinski definition) is 0. The van der Waals surface area contributed by atoms with Crippen LogP contribution < -0.4 is 0 Å². The van der Waals surface area contributed by atoms with Crippen LogP contribution in [-0.2, 0) is 5.16 Å². The summed E-state index contributed by atoms with van der Waals surface area (Å²) in [7, 11) is 3.23. The predicted octanol–water partition coefficient (Wildman–Crippen LogP) is 6.78. The van der Waals surface area contributed by atoms with Crippen molar-refractivity contribution in [1.82, 2.24) is 0 Å². The van der Waals surface area contributed by atoms with Crippen LogP contribution in [0.25, 0.3) is 0 Å². The number of hydrogen-bond acceptors (Lipinski definition) is 0. The van der Waals surface area contributed by atoms with Gasteiger partial charge in [0.05, 0.1) is 0 Å². The normalized spacial score (nSPS) is 12.7. The summed E-state index contributed by atoms with van der Waals surface area (Å²) in [5.74, 6) is 0.420. The number of rotatable bonds is 7. The summed E-state index contributed by atoms with van der Waals surface area (Å²) < 4.78 is 0. The van der Waals surface area contributed by atoms with Gasteiger partial charge >= 0.3 is 0 Å². The molecule has 3 aromatic rings. The molecule has 0 radical (unpaired) electrons. The Kier molecular flexibility index (Phi) is 6.05. The molecule has 0 saturated carbocycles. The Hall–Kier alpha value is -1.91. The third kappa shape index (κ3) is 3.86. The van der Waals surface area contributed by atoms with E-state index in [1.54, 1.807) is 0 Å². The van der Waals surface area contributed by atoms with Crippen molar-refractivity contribution in [1.29, 1.82) is 0 Å². The lowest BCUT2D eigenvalue weighted by Crippen LogP contribution is -2.29. The average Bonchev–Trinajstić information content (AvgIpc) is 2.70. The second-order valence-corrected chi connectivity index (χ2v) is 7.62. The van der Waals surface area contributed by atoms with E-state index in [1.807, 2.05) is 0 Å². The van der Waals surface area contributed by atoms with Crippen LogP contribution in [0.4, 0.5) is 0 Å². The van der Waals surface area contributed by atoms with E-state index in [0.29, 0.717) is 5.92 Å². The highest BCUT2D eigenvalue weighted by Crippen LogP contribution is 2.51. The first kappa shape index (κ1) is 17.9. The van der Waals surface area contributed by atoms with E-state index in [1.165, 1.54) is 36.0 Å². The van der Waals surface area contributed by atoms with Gasteiger partial charge in [-0.3, -0.25) is 0 Å². The number of unbranched alkanes of at least 4 members (excludes halogenated alkanes) is 1. The van der Waals surface area contributed by atoms with Crippen molar-refractivity contribution >= 4 is 9.24 Å². The molecule has 0 fully saturated rings. The monoisotopic (exact) mass is 346 g/mol. The highest BCUT2D eigenvalue weighted by molar-refractivity contribution is 7.19. The molecule has 0 heterocycles. The van der Waals surface area contributed by atoms with Crippen molar-refractivity contribution in [3.8, 4) is 0 Å². The zero-order valence-corrected chi connectivity index (χ0v) is 16.1. The Labute approximate surface area is 154 Å². The van der Waals surface area contributed by atoms with Crippen molar-refractivity contribution < 1.29 is 0 Å². The maximum Gasteiger partial charge on any atom is 0.0412 e. The summed E-state index contributed by atoms with van der Waals surface area (Å²) in [6.07, 6.45) is 3.62. The van der Waals surface area contributed by atoms with Crippen LogP contribution in [0.15, 0.2) is 91.0 Å². The molecule has 0 amide bonds. The van der Waals surface area contributed by atoms with Crippen LogP contribution in [0, 0.1) is 0 Å². The van der Waals surface area contributed by atoms with Gasteiger partial charge in [-0.1, -0.05) is 111 Å². The van der Waals surface area contributed by atoms with Gasteiger partial charge in [-0.05, 0) is 23.1 Å². The molecule has 0 saturated heterocycles. The van der Waals surface area contributed by atoms with Crippen molar-refractivity contribution in [3.63, 3.8) is 0 Å². The highest BCUT2D eigenvalue weighted by atomic mass is 31.0. The molecule has 2 unspecified atom stereocenters. The molecule has 1 heteroatoms. The van der Waals surface area contributed by atoms with E-state index < -0.39 is 0 Å². The molecule has 0 nitrogen and oxygen atoms in total. The fourth-order valence-corrected chi connectivity index (χ4v) is 4.49. The summed E-state index contributed by atoms with van der Waals surface area (Å²) in [5, 5.41) is -0.126. The van der Waals surface area contributed by atoms with Gasteiger partial charge in [-0.15, -0.1) is 9.24 Å². The molecular weight excluding hydrogens is 319 g/mol. The lowest BCUT2D eigenvalue weighted by atomic mass is 9.74. The molecule has 0 bridgehead atoms. The standard InChI is InChI=1S/C24H27P/c1-2-3-19-23(20-13-7-4-8-14-20)24(25,21-15-9-5-10-16-21)22-17-11-6-12-18-22/h4-18,23H,2-3,19,25H2,1H3. The zero-order chi connectivity index (χ0) is 17.5. The summed E-state index contributed by atoms with van der Waals surface area (Å²) >= 11 is 0. The maximum absolute atomic E-state index is 3.23. The van der Waals surface area contributed by atoms with Gasteiger partial charge in [0.15, 0.2) is 0 Å². The molecule has 0 spiro atoms. The first-order valence-electron chi connectivity index (χ1n) is 9.21. The summed E-state index contributed by atoms with van der Waals surface area (Å²) in [6.45, 7) is 2.28. The average molecular weight is 346 g/mol. The van der Waals surface area contributed by atoms with Gasteiger partial charge in [0.25, 0.3) is 0 Å². The fourth-order valence-electron chi connectivity index (χ4n) is 3.75. The molecule has 0 aromatic heterocycles. The first-order valence-corrected chi connectivity index (χ1v) is 9.79. The van der Waals surface area contributed by atoms with E-state index in [2.05, 4.69) is 107 Å². The topological polar surface area (TPSA) is 0 Å². The van der Waals surface area contributed by atoms with Gasteiger partial charge < -0.3 is 0 Å². The second kappa shape index (κ2) is 8.45. The second-order valence-electron chi connectivity index (χ2n) is 6.71. The van der Waals surface area contributed by atoms with Crippen LogP contribution in [0.3, 0.4) is 0 Å². The minimum Gasteiger partial charge on any atom is -0.121 e. The summed E-state index contributed by atoms with van der Waals surface area (Å²) in [6, 6.07) is 32.9. The smallest absolute Gasteiger partial charge is 0.0412 e. The molecule has 0 N–H and O–H groups in total. The molecule has 2 atom stereocenters. The van der Waals surface area contributed by atoms with E-state index in [-0.39, 0.29) is 5.16 Å². The maximum atomic E-state index is 3.23.